The Morgan fingerprint density at radius 1 is 0.917 bits per heavy atom. The number of methoxy groups -OCH3 is 1. The van der Waals surface area contributed by atoms with Crippen molar-refractivity contribution in [2.45, 2.75) is 0 Å². The van der Waals surface area contributed by atoms with Crippen LogP contribution in [0.4, 0.5) is 8.78 Å². The first-order valence-electron chi connectivity index (χ1n) is 7.04. The number of halogens is 2. The fourth-order valence-corrected chi connectivity index (χ4v) is 2.13. The van der Waals surface area contributed by atoms with Gasteiger partial charge in [0.2, 0.25) is 5.88 Å². The number of aromatic nitrogens is 1. The number of phenolic OH excluding ortho intramolecular Hbond substituents is 1. The SMILES string of the molecule is COc1ccc(-c2cccc(Oc3ccc(F)c(O)c3)n2)c(F)c1. The summed E-state index contributed by atoms with van der Waals surface area (Å²) in [6.07, 6.45) is 0. The van der Waals surface area contributed by atoms with E-state index >= 15 is 0 Å². The molecule has 0 saturated carbocycles. The Hall–Kier alpha value is -3.15. The maximum Gasteiger partial charge on any atom is 0.219 e. The van der Waals surface area contributed by atoms with Gasteiger partial charge in [0.25, 0.3) is 0 Å². The summed E-state index contributed by atoms with van der Waals surface area (Å²) in [6, 6.07) is 12.9. The predicted octanol–water partition coefficient (Wildman–Crippen LogP) is 4.53. The molecule has 1 N–H and O–H groups in total. The third-order valence-corrected chi connectivity index (χ3v) is 3.32. The molecule has 1 heterocycles. The summed E-state index contributed by atoms with van der Waals surface area (Å²) in [6.45, 7) is 0. The molecule has 24 heavy (non-hydrogen) atoms. The fraction of sp³-hybridized carbons (Fsp3) is 0.0556. The molecule has 0 unspecified atom stereocenters. The highest BCUT2D eigenvalue weighted by molar-refractivity contribution is 5.61. The number of phenols is 1. The van der Waals surface area contributed by atoms with Crippen LogP contribution in [-0.4, -0.2) is 17.2 Å². The molecular formula is C18H13F2NO3. The molecular weight excluding hydrogens is 316 g/mol. The average molecular weight is 329 g/mol. The summed E-state index contributed by atoms with van der Waals surface area (Å²) in [4.78, 5) is 4.23. The lowest BCUT2D eigenvalue weighted by atomic mass is 10.1. The topological polar surface area (TPSA) is 51.6 Å². The highest BCUT2D eigenvalue weighted by Crippen LogP contribution is 2.29. The molecule has 3 rings (SSSR count). The number of hydrogen-bond acceptors (Lipinski definition) is 4. The number of hydrogen-bond donors (Lipinski definition) is 1. The van der Waals surface area contributed by atoms with Crippen molar-refractivity contribution in [1.82, 2.24) is 4.98 Å². The van der Waals surface area contributed by atoms with E-state index in [4.69, 9.17) is 9.47 Å². The second kappa shape index (κ2) is 6.54. The van der Waals surface area contributed by atoms with Gasteiger partial charge in [-0.25, -0.2) is 13.8 Å². The minimum atomic E-state index is -0.746. The summed E-state index contributed by atoms with van der Waals surface area (Å²) in [7, 11) is 1.46. The lowest BCUT2D eigenvalue weighted by Gasteiger charge is -2.09. The zero-order valence-corrected chi connectivity index (χ0v) is 12.7. The van der Waals surface area contributed by atoms with E-state index in [0.29, 0.717) is 17.0 Å². The molecule has 1 aromatic heterocycles. The van der Waals surface area contributed by atoms with Crippen LogP contribution >= 0.6 is 0 Å². The first kappa shape index (κ1) is 15.7. The Bertz CT molecular complexity index is 884. The van der Waals surface area contributed by atoms with Crippen LogP contribution in [0, 0.1) is 11.6 Å². The van der Waals surface area contributed by atoms with Gasteiger partial charge in [0, 0.05) is 23.8 Å². The van der Waals surface area contributed by atoms with E-state index < -0.39 is 17.4 Å². The van der Waals surface area contributed by atoms with Crippen LogP contribution in [-0.2, 0) is 0 Å². The largest absolute Gasteiger partial charge is 0.505 e. The third-order valence-electron chi connectivity index (χ3n) is 3.32. The van der Waals surface area contributed by atoms with E-state index in [1.807, 2.05) is 0 Å². The molecule has 0 amide bonds. The van der Waals surface area contributed by atoms with Gasteiger partial charge in [-0.2, -0.15) is 0 Å². The van der Waals surface area contributed by atoms with E-state index in [-0.39, 0.29) is 11.6 Å². The molecule has 0 fully saturated rings. The minimum absolute atomic E-state index is 0.189. The fourth-order valence-electron chi connectivity index (χ4n) is 2.13. The smallest absolute Gasteiger partial charge is 0.219 e. The highest BCUT2D eigenvalue weighted by atomic mass is 19.1. The zero-order chi connectivity index (χ0) is 17.1. The number of rotatable bonds is 4. The first-order chi connectivity index (χ1) is 11.6. The molecule has 0 atom stereocenters. The first-order valence-corrected chi connectivity index (χ1v) is 7.04. The van der Waals surface area contributed by atoms with E-state index in [1.165, 1.54) is 19.2 Å². The maximum atomic E-state index is 14.1. The Kier molecular flexibility index (Phi) is 4.29. The molecule has 3 aromatic rings. The van der Waals surface area contributed by atoms with Crippen LogP contribution in [0.5, 0.6) is 23.1 Å². The molecule has 0 aliphatic rings. The van der Waals surface area contributed by atoms with Crippen molar-refractivity contribution in [3.05, 3.63) is 66.2 Å². The summed E-state index contributed by atoms with van der Waals surface area (Å²) in [5.74, 6) is -0.930. The number of ether oxygens (including phenoxy) is 2. The van der Waals surface area contributed by atoms with Gasteiger partial charge in [-0.15, -0.1) is 0 Å². The minimum Gasteiger partial charge on any atom is -0.505 e. The van der Waals surface area contributed by atoms with Gasteiger partial charge in [-0.05, 0) is 30.3 Å². The van der Waals surface area contributed by atoms with Crippen molar-refractivity contribution in [2.75, 3.05) is 7.11 Å². The van der Waals surface area contributed by atoms with Gasteiger partial charge in [-0.1, -0.05) is 6.07 Å². The van der Waals surface area contributed by atoms with Crippen molar-refractivity contribution in [2.24, 2.45) is 0 Å². The van der Waals surface area contributed by atoms with Gasteiger partial charge in [0.15, 0.2) is 11.6 Å². The predicted molar refractivity (Wildman–Crippen MR) is 84.3 cm³/mol. The second-order valence-electron chi connectivity index (χ2n) is 4.92. The number of benzene rings is 2. The van der Waals surface area contributed by atoms with E-state index in [2.05, 4.69) is 4.98 Å². The summed E-state index contributed by atoms with van der Waals surface area (Å²) >= 11 is 0. The summed E-state index contributed by atoms with van der Waals surface area (Å²) in [5.41, 5.74) is 0.669. The molecule has 0 spiro atoms. The van der Waals surface area contributed by atoms with E-state index in [0.717, 1.165) is 12.1 Å². The standard InChI is InChI=1S/C18H13F2NO3/c1-23-11-5-7-13(15(20)9-11)16-3-2-4-18(21-16)24-12-6-8-14(19)17(22)10-12/h2-10,22H,1H3. The molecule has 0 saturated heterocycles. The highest BCUT2D eigenvalue weighted by Gasteiger charge is 2.10. The number of aromatic hydroxyl groups is 1. The van der Waals surface area contributed by atoms with Crippen molar-refractivity contribution >= 4 is 0 Å². The second-order valence-corrected chi connectivity index (χ2v) is 4.92. The van der Waals surface area contributed by atoms with Crippen molar-refractivity contribution in [1.29, 1.82) is 0 Å². The van der Waals surface area contributed by atoms with Crippen LogP contribution in [0.2, 0.25) is 0 Å². The van der Waals surface area contributed by atoms with Crippen LogP contribution < -0.4 is 9.47 Å². The van der Waals surface area contributed by atoms with Gasteiger partial charge >= 0.3 is 0 Å². The molecule has 0 aliphatic heterocycles. The van der Waals surface area contributed by atoms with Gasteiger partial charge in [-0.3, -0.25) is 0 Å². The van der Waals surface area contributed by atoms with Crippen LogP contribution in [0.3, 0.4) is 0 Å². The zero-order valence-electron chi connectivity index (χ0n) is 12.7. The Morgan fingerprint density at radius 3 is 2.42 bits per heavy atom. The lowest BCUT2D eigenvalue weighted by molar-refractivity contribution is 0.411. The summed E-state index contributed by atoms with van der Waals surface area (Å²) < 4.78 is 37.6. The van der Waals surface area contributed by atoms with Gasteiger partial charge < -0.3 is 14.6 Å². The van der Waals surface area contributed by atoms with Crippen LogP contribution in [0.15, 0.2) is 54.6 Å². The maximum absolute atomic E-state index is 14.1. The molecule has 0 aliphatic carbocycles. The molecule has 122 valence electrons. The average Bonchev–Trinajstić information content (AvgIpc) is 2.58. The van der Waals surface area contributed by atoms with Crippen LogP contribution in [0.25, 0.3) is 11.3 Å². The molecule has 4 nitrogen and oxygen atoms in total. The third kappa shape index (κ3) is 3.27. The summed E-state index contributed by atoms with van der Waals surface area (Å²) in [5, 5.41) is 9.36. The normalized spacial score (nSPS) is 10.5. The Labute approximate surface area is 136 Å². The van der Waals surface area contributed by atoms with E-state index in [9.17, 15) is 13.9 Å². The van der Waals surface area contributed by atoms with Crippen LogP contribution in [0.1, 0.15) is 0 Å². The monoisotopic (exact) mass is 329 g/mol. The lowest BCUT2D eigenvalue weighted by Crippen LogP contribution is -1.93. The van der Waals surface area contributed by atoms with Crippen molar-refractivity contribution in [3.8, 4) is 34.4 Å². The quantitative estimate of drug-likeness (QED) is 0.764. The molecule has 0 radical (unpaired) electrons. The Balaban J connectivity index is 1.90. The van der Waals surface area contributed by atoms with Crippen molar-refractivity contribution < 1.29 is 23.4 Å². The molecule has 2 aromatic carbocycles. The molecule has 6 heteroatoms. The van der Waals surface area contributed by atoms with Gasteiger partial charge in [0.05, 0.1) is 12.8 Å². The van der Waals surface area contributed by atoms with Gasteiger partial charge in [0.1, 0.15) is 17.3 Å². The van der Waals surface area contributed by atoms with E-state index in [1.54, 1.807) is 30.3 Å². The Morgan fingerprint density at radius 2 is 1.71 bits per heavy atom. The number of pyridine rings is 1. The molecule has 0 bridgehead atoms. The number of nitrogens with zero attached hydrogens (tertiary/aromatic N) is 1. The van der Waals surface area contributed by atoms with Crippen molar-refractivity contribution in [3.63, 3.8) is 0 Å².